The Labute approximate surface area is 142 Å². The molecule has 2 aromatic rings. The van der Waals surface area contributed by atoms with Gasteiger partial charge in [-0.15, -0.1) is 0 Å². The third kappa shape index (κ3) is 2.37. The van der Waals surface area contributed by atoms with Crippen molar-refractivity contribution in [3.63, 3.8) is 0 Å². The topological polar surface area (TPSA) is 92.8 Å². The molecule has 2 aliphatic rings. The van der Waals surface area contributed by atoms with Crippen LogP contribution in [0.3, 0.4) is 0 Å². The Bertz CT molecular complexity index is 915. The van der Waals surface area contributed by atoms with Crippen LogP contribution in [0.1, 0.15) is 47.0 Å². The van der Waals surface area contributed by atoms with Gasteiger partial charge in [-0.2, -0.15) is 0 Å². The zero-order valence-electron chi connectivity index (χ0n) is 12.9. The van der Waals surface area contributed by atoms with E-state index in [1.54, 1.807) is 18.2 Å². The fourth-order valence-corrected chi connectivity index (χ4v) is 2.92. The lowest BCUT2D eigenvalue weighted by molar-refractivity contribution is -0.0584. The summed E-state index contributed by atoms with van der Waals surface area (Å²) in [5, 5.41) is 3.14. The van der Waals surface area contributed by atoms with Gasteiger partial charge in [0.05, 0.1) is 16.7 Å². The van der Waals surface area contributed by atoms with Crippen LogP contribution in [0.2, 0.25) is 0 Å². The monoisotopic (exact) mass is 336 g/mol. The summed E-state index contributed by atoms with van der Waals surface area (Å²) in [4.78, 5) is 53.7. The Hall–Kier alpha value is -3.48. The minimum absolute atomic E-state index is 0.0901. The molecule has 1 N–H and O–H groups in total. The second-order valence-electron chi connectivity index (χ2n) is 5.71. The fraction of sp³-hybridized carbons (Fsp3) is 0.111. The molecule has 0 radical (unpaired) electrons. The largest absolute Gasteiger partial charge is 0.363 e. The van der Waals surface area contributed by atoms with Gasteiger partial charge in [-0.25, -0.2) is 4.79 Å². The van der Waals surface area contributed by atoms with E-state index in [0.717, 1.165) is 5.56 Å². The first-order chi connectivity index (χ1) is 12.1. The Morgan fingerprint density at radius 1 is 0.960 bits per heavy atom. The highest BCUT2D eigenvalue weighted by Gasteiger charge is 2.38. The van der Waals surface area contributed by atoms with E-state index >= 15 is 0 Å². The van der Waals surface area contributed by atoms with Crippen LogP contribution in [0, 0.1) is 0 Å². The highest BCUT2D eigenvalue weighted by atomic mass is 16.7. The van der Waals surface area contributed by atoms with Gasteiger partial charge in [-0.3, -0.25) is 14.4 Å². The third-order valence-electron chi connectivity index (χ3n) is 4.20. The molecule has 7 nitrogen and oxygen atoms in total. The number of benzene rings is 2. The van der Waals surface area contributed by atoms with Crippen molar-refractivity contribution in [2.24, 2.45) is 0 Å². The van der Waals surface area contributed by atoms with Crippen LogP contribution < -0.4 is 5.32 Å². The maximum Gasteiger partial charge on any atom is 0.363 e. The Balaban J connectivity index is 1.59. The summed E-state index contributed by atoms with van der Waals surface area (Å²) < 4.78 is 0. The van der Waals surface area contributed by atoms with Crippen molar-refractivity contribution in [3.05, 3.63) is 70.3 Å². The summed E-state index contributed by atoms with van der Waals surface area (Å²) in [6.45, 7) is 0.546. The molecule has 2 heterocycles. The number of carbonyl (C=O) groups excluding carboxylic acids is 4. The summed E-state index contributed by atoms with van der Waals surface area (Å²) in [6.07, 6.45) is 0.675. The molecule has 124 valence electrons. The summed E-state index contributed by atoms with van der Waals surface area (Å²) in [5.74, 6) is -2.53. The van der Waals surface area contributed by atoms with Gasteiger partial charge in [0.2, 0.25) is 0 Å². The van der Waals surface area contributed by atoms with Crippen molar-refractivity contribution in [2.45, 2.75) is 6.42 Å². The molecule has 0 unspecified atom stereocenters. The predicted octanol–water partition coefficient (Wildman–Crippen LogP) is 1.34. The molecule has 0 aliphatic carbocycles. The molecular formula is C18H12N2O5. The number of amides is 3. The number of fused-ring (bicyclic) bond motifs is 2. The van der Waals surface area contributed by atoms with Gasteiger partial charge in [0.1, 0.15) is 0 Å². The smallest absolute Gasteiger partial charge is 0.352 e. The first-order valence-electron chi connectivity index (χ1n) is 7.67. The lowest BCUT2D eigenvalue weighted by atomic mass is 9.98. The average Bonchev–Trinajstić information content (AvgIpc) is 2.87. The molecule has 0 spiro atoms. The predicted molar refractivity (Wildman–Crippen MR) is 84.8 cm³/mol. The van der Waals surface area contributed by atoms with Crippen molar-refractivity contribution in [1.82, 2.24) is 10.4 Å². The molecule has 0 bridgehead atoms. The van der Waals surface area contributed by atoms with Crippen LogP contribution in [0.25, 0.3) is 0 Å². The Morgan fingerprint density at radius 2 is 1.64 bits per heavy atom. The summed E-state index contributed by atoms with van der Waals surface area (Å²) in [5.41, 5.74) is 1.69. The van der Waals surface area contributed by atoms with Crippen LogP contribution in [0.4, 0.5) is 0 Å². The molecule has 25 heavy (non-hydrogen) atoms. The number of imide groups is 1. The van der Waals surface area contributed by atoms with Crippen molar-refractivity contribution < 1.29 is 24.0 Å². The lowest BCUT2D eigenvalue weighted by Gasteiger charge is -2.17. The first kappa shape index (κ1) is 15.1. The molecular weight excluding hydrogens is 324 g/mol. The maximum absolute atomic E-state index is 12.3. The molecule has 0 saturated carbocycles. The standard InChI is InChI=1S/C18H12N2O5/c21-15-14-9-11(6-5-10(14)7-8-19-15)18(24)25-20-16(22)12-3-1-2-4-13(12)17(20)23/h1-6,9H,7-8H2,(H,19,21). The molecule has 2 aromatic carbocycles. The SMILES string of the molecule is O=C(ON1C(=O)c2ccccc2C1=O)c1ccc2c(c1)C(=O)NCC2. The maximum atomic E-state index is 12.3. The van der Waals surface area contributed by atoms with E-state index in [-0.39, 0.29) is 22.6 Å². The number of hydroxylamine groups is 2. The first-order valence-corrected chi connectivity index (χ1v) is 7.67. The van der Waals surface area contributed by atoms with Gasteiger partial charge in [-0.1, -0.05) is 23.3 Å². The third-order valence-corrected chi connectivity index (χ3v) is 4.20. The number of nitrogens with one attached hydrogen (secondary N) is 1. The molecule has 0 fully saturated rings. The quantitative estimate of drug-likeness (QED) is 0.836. The van der Waals surface area contributed by atoms with Crippen LogP contribution in [-0.4, -0.2) is 35.3 Å². The van der Waals surface area contributed by atoms with Crippen molar-refractivity contribution in [3.8, 4) is 0 Å². The second-order valence-corrected chi connectivity index (χ2v) is 5.71. The van der Waals surface area contributed by atoms with Gasteiger partial charge in [0.15, 0.2) is 0 Å². The normalized spacial score (nSPS) is 15.5. The number of hydrogen-bond acceptors (Lipinski definition) is 5. The van der Waals surface area contributed by atoms with Crippen LogP contribution in [-0.2, 0) is 11.3 Å². The van der Waals surface area contributed by atoms with Crippen molar-refractivity contribution in [2.75, 3.05) is 6.54 Å². The number of carbonyl (C=O) groups is 4. The van der Waals surface area contributed by atoms with Crippen molar-refractivity contribution >= 4 is 23.7 Å². The van der Waals surface area contributed by atoms with Gasteiger partial charge in [-0.05, 0) is 36.2 Å². The van der Waals surface area contributed by atoms with Gasteiger partial charge in [0.25, 0.3) is 17.7 Å². The van der Waals surface area contributed by atoms with E-state index in [1.165, 1.54) is 24.3 Å². The van der Waals surface area contributed by atoms with E-state index in [4.69, 9.17) is 4.84 Å². The fourth-order valence-electron chi connectivity index (χ4n) is 2.92. The molecule has 7 heteroatoms. The number of rotatable bonds is 2. The van der Waals surface area contributed by atoms with Crippen molar-refractivity contribution in [1.29, 1.82) is 0 Å². The molecule has 0 atom stereocenters. The zero-order valence-corrected chi connectivity index (χ0v) is 12.9. The van der Waals surface area contributed by atoms with E-state index in [0.29, 0.717) is 23.6 Å². The van der Waals surface area contributed by atoms with Crippen LogP contribution >= 0.6 is 0 Å². The molecule has 2 aliphatic heterocycles. The van der Waals surface area contributed by atoms with E-state index in [2.05, 4.69) is 5.32 Å². The average molecular weight is 336 g/mol. The van der Waals surface area contributed by atoms with Crippen LogP contribution in [0.5, 0.6) is 0 Å². The Kier molecular flexibility index (Phi) is 3.35. The molecule has 0 saturated heterocycles. The number of nitrogens with zero attached hydrogens (tertiary/aromatic N) is 1. The summed E-state index contributed by atoms with van der Waals surface area (Å²) in [7, 11) is 0. The summed E-state index contributed by atoms with van der Waals surface area (Å²) >= 11 is 0. The van der Waals surface area contributed by atoms with E-state index < -0.39 is 17.8 Å². The minimum Gasteiger partial charge on any atom is -0.352 e. The zero-order chi connectivity index (χ0) is 17.6. The Morgan fingerprint density at radius 3 is 2.32 bits per heavy atom. The van der Waals surface area contributed by atoms with Crippen LogP contribution in [0.15, 0.2) is 42.5 Å². The van der Waals surface area contributed by atoms with Gasteiger partial charge < -0.3 is 10.2 Å². The molecule has 4 rings (SSSR count). The molecule has 0 aromatic heterocycles. The van der Waals surface area contributed by atoms with Gasteiger partial charge in [0, 0.05) is 12.1 Å². The number of hydrogen-bond donors (Lipinski definition) is 1. The van der Waals surface area contributed by atoms with E-state index in [9.17, 15) is 19.2 Å². The lowest BCUT2D eigenvalue weighted by Crippen LogP contribution is -2.34. The second kappa shape index (κ2) is 5.55. The highest BCUT2D eigenvalue weighted by molar-refractivity contribution is 6.21. The molecule has 3 amide bonds. The van der Waals surface area contributed by atoms with Gasteiger partial charge >= 0.3 is 5.97 Å². The summed E-state index contributed by atoms with van der Waals surface area (Å²) in [6, 6.07) is 10.8. The minimum atomic E-state index is -0.879. The van der Waals surface area contributed by atoms with E-state index in [1.807, 2.05) is 0 Å². The highest BCUT2D eigenvalue weighted by Crippen LogP contribution is 2.24.